The molecule has 1 aliphatic heterocycles. The molecule has 0 unspecified atom stereocenters. The van der Waals surface area contributed by atoms with Gasteiger partial charge in [0.2, 0.25) is 11.8 Å². The van der Waals surface area contributed by atoms with E-state index in [1.165, 1.54) is 12.1 Å². The smallest absolute Gasteiger partial charge is 0.245 e. The molecule has 0 aliphatic carbocycles. The van der Waals surface area contributed by atoms with E-state index in [1.54, 1.807) is 24.0 Å². The first kappa shape index (κ1) is 18.8. The predicted octanol–water partition coefficient (Wildman–Crippen LogP) is 3.82. The van der Waals surface area contributed by atoms with Crippen molar-refractivity contribution in [1.82, 2.24) is 4.90 Å². The van der Waals surface area contributed by atoms with E-state index in [1.807, 2.05) is 30.3 Å². The fraction of sp³-hybridized carbons (Fsp3) is 0.273. The quantitative estimate of drug-likeness (QED) is 0.837. The minimum atomic E-state index is -0.809. The second-order valence-electron chi connectivity index (χ2n) is 6.91. The van der Waals surface area contributed by atoms with Crippen molar-refractivity contribution in [2.75, 3.05) is 18.4 Å². The van der Waals surface area contributed by atoms with Crippen LogP contribution < -0.4 is 5.32 Å². The van der Waals surface area contributed by atoms with Gasteiger partial charge in [0.15, 0.2) is 0 Å². The molecule has 1 saturated heterocycles. The van der Waals surface area contributed by atoms with Crippen molar-refractivity contribution in [1.29, 1.82) is 0 Å². The summed E-state index contributed by atoms with van der Waals surface area (Å²) in [7, 11) is 0. The van der Waals surface area contributed by atoms with Gasteiger partial charge in [-0.05, 0) is 49.1 Å². The molecule has 0 aromatic heterocycles. The van der Waals surface area contributed by atoms with E-state index in [4.69, 9.17) is 0 Å². The van der Waals surface area contributed by atoms with Gasteiger partial charge in [-0.25, -0.2) is 4.39 Å². The molecule has 1 heterocycles. The summed E-state index contributed by atoms with van der Waals surface area (Å²) < 4.78 is 14.2. The van der Waals surface area contributed by atoms with E-state index in [0.29, 0.717) is 25.9 Å². The number of carbonyl (C=O) groups is 2. The van der Waals surface area contributed by atoms with Crippen molar-refractivity contribution in [3.8, 4) is 0 Å². The molecule has 0 bridgehead atoms. The number of anilines is 1. The molecule has 3 rings (SSSR count). The summed E-state index contributed by atoms with van der Waals surface area (Å²) in [5, 5.41) is 2.77. The zero-order valence-corrected chi connectivity index (χ0v) is 15.4. The molecule has 0 radical (unpaired) electrons. The normalized spacial score (nSPS) is 15.9. The van der Waals surface area contributed by atoms with E-state index < -0.39 is 11.2 Å². The number of rotatable bonds is 4. The van der Waals surface area contributed by atoms with Crippen molar-refractivity contribution >= 4 is 17.5 Å². The van der Waals surface area contributed by atoms with Crippen molar-refractivity contribution in [2.45, 2.75) is 25.2 Å². The fourth-order valence-electron chi connectivity index (χ4n) is 3.61. The lowest BCUT2D eigenvalue weighted by Crippen LogP contribution is -2.50. The molecule has 1 N–H and O–H groups in total. The van der Waals surface area contributed by atoms with Crippen LogP contribution in [-0.2, 0) is 15.0 Å². The first-order chi connectivity index (χ1) is 13.0. The van der Waals surface area contributed by atoms with Gasteiger partial charge >= 0.3 is 0 Å². The maximum absolute atomic E-state index is 14.2. The molecule has 0 saturated carbocycles. The van der Waals surface area contributed by atoms with Gasteiger partial charge in [0.1, 0.15) is 5.82 Å². The second kappa shape index (κ2) is 7.74. The van der Waals surface area contributed by atoms with Gasteiger partial charge in [-0.3, -0.25) is 9.59 Å². The highest BCUT2D eigenvalue weighted by molar-refractivity contribution is 5.99. The first-order valence-corrected chi connectivity index (χ1v) is 9.01. The van der Waals surface area contributed by atoms with Gasteiger partial charge in [-0.15, -0.1) is 0 Å². The molecule has 0 atom stereocenters. The molecule has 4 nitrogen and oxygen atoms in total. The number of benzene rings is 2. The number of piperidine rings is 1. The summed E-state index contributed by atoms with van der Waals surface area (Å²) in [6.07, 6.45) is 2.23. The Labute approximate surface area is 158 Å². The monoisotopic (exact) mass is 366 g/mol. The standard InChI is InChI=1S/C22H23FN2O2/c1-3-20(26)25-13-11-22(12-14-25,17-7-5-4-6-8-17)21(27)24-19-10-9-16(2)15-18(19)23/h3-10,15H,1,11-14H2,2H3,(H,24,27). The van der Waals surface area contributed by atoms with Gasteiger partial charge in [-0.1, -0.05) is 43.0 Å². The summed E-state index contributed by atoms with van der Waals surface area (Å²) in [4.78, 5) is 26.9. The lowest BCUT2D eigenvalue weighted by molar-refractivity contribution is -0.131. The van der Waals surface area contributed by atoms with Gasteiger partial charge < -0.3 is 10.2 Å². The Morgan fingerprint density at radius 1 is 1.15 bits per heavy atom. The van der Waals surface area contributed by atoms with Crippen LogP contribution in [0.3, 0.4) is 0 Å². The molecule has 0 spiro atoms. The largest absolute Gasteiger partial charge is 0.339 e. The van der Waals surface area contributed by atoms with E-state index in [2.05, 4.69) is 11.9 Å². The van der Waals surface area contributed by atoms with Crippen LogP contribution in [0.15, 0.2) is 61.2 Å². The number of aryl methyl sites for hydroxylation is 1. The van der Waals surface area contributed by atoms with Crippen LogP contribution in [0.4, 0.5) is 10.1 Å². The molecular formula is C22H23FN2O2. The third kappa shape index (κ3) is 3.77. The molecule has 2 aromatic rings. The Morgan fingerprint density at radius 2 is 1.81 bits per heavy atom. The van der Waals surface area contributed by atoms with E-state index in [9.17, 15) is 14.0 Å². The number of carbonyl (C=O) groups excluding carboxylic acids is 2. The van der Waals surface area contributed by atoms with Crippen LogP contribution in [0.1, 0.15) is 24.0 Å². The Balaban J connectivity index is 1.90. The molecular weight excluding hydrogens is 343 g/mol. The molecule has 27 heavy (non-hydrogen) atoms. The maximum atomic E-state index is 14.2. The average molecular weight is 366 g/mol. The lowest BCUT2D eigenvalue weighted by atomic mass is 9.72. The van der Waals surface area contributed by atoms with Crippen LogP contribution in [0.25, 0.3) is 0 Å². The SMILES string of the molecule is C=CC(=O)N1CCC(C(=O)Nc2ccc(C)cc2F)(c2ccccc2)CC1. The lowest BCUT2D eigenvalue weighted by Gasteiger charge is -2.40. The molecule has 1 fully saturated rings. The first-order valence-electron chi connectivity index (χ1n) is 9.01. The fourth-order valence-corrected chi connectivity index (χ4v) is 3.61. The number of nitrogens with one attached hydrogen (secondary N) is 1. The van der Waals surface area contributed by atoms with Crippen LogP contribution in [0.5, 0.6) is 0 Å². The Hall–Kier alpha value is -2.95. The number of hydrogen-bond acceptors (Lipinski definition) is 2. The average Bonchev–Trinajstić information content (AvgIpc) is 2.70. The van der Waals surface area contributed by atoms with Crippen LogP contribution in [0, 0.1) is 12.7 Å². The molecule has 2 amide bonds. The zero-order valence-electron chi connectivity index (χ0n) is 15.4. The second-order valence-corrected chi connectivity index (χ2v) is 6.91. The van der Waals surface area contributed by atoms with Crippen molar-refractivity contribution in [2.24, 2.45) is 0 Å². The summed E-state index contributed by atoms with van der Waals surface area (Å²) >= 11 is 0. The molecule has 140 valence electrons. The Kier molecular flexibility index (Phi) is 5.40. The van der Waals surface area contributed by atoms with Crippen molar-refractivity contribution < 1.29 is 14.0 Å². The van der Waals surface area contributed by atoms with Gasteiger partial charge in [-0.2, -0.15) is 0 Å². The number of amides is 2. The third-order valence-corrected chi connectivity index (χ3v) is 5.24. The van der Waals surface area contributed by atoms with Gasteiger partial charge in [0.05, 0.1) is 11.1 Å². The number of likely N-dealkylation sites (tertiary alicyclic amines) is 1. The topological polar surface area (TPSA) is 49.4 Å². The summed E-state index contributed by atoms with van der Waals surface area (Å²) in [6.45, 7) is 6.22. The highest BCUT2D eigenvalue weighted by atomic mass is 19.1. The zero-order chi connectivity index (χ0) is 19.4. The van der Waals surface area contributed by atoms with E-state index in [-0.39, 0.29) is 17.5 Å². The van der Waals surface area contributed by atoms with Gasteiger partial charge in [0, 0.05) is 13.1 Å². The predicted molar refractivity (Wildman–Crippen MR) is 104 cm³/mol. The minimum absolute atomic E-state index is 0.137. The van der Waals surface area contributed by atoms with Crippen molar-refractivity contribution in [3.05, 3.63) is 78.1 Å². The number of hydrogen-bond donors (Lipinski definition) is 1. The third-order valence-electron chi connectivity index (χ3n) is 5.24. The Bertz CT molecular complexity index is 856. The summed E-state index contributed by atoms with van der Waals surface area (Å²) in [5.41, 5.74) is 1.03. The summed E-state index contributed by atoms with van der Waals surface area (Å²) in [5.74, 6) is -0.838. The molecule has 1 aliphatic rings. The number of nitrogens with zero attached hydrogens (tertiary/aromatic N) is 1. The van der Waals surface area contributed by atoms with E-state index >= 15 is 0 Å². The maximum Gasteiger partial charge on any atom is 0.245 e. The summed E-state index contributed by atoms with van der Waals surface area (Å²) in [6, 6.07) is 14.2. The van der Waals surface area contributed by atoms with Gasteiger partial charge in [0.25, 0.3) is 0 Å². The van der Waals surface area contributed by atoms with Crippen LogP contribution in [-0.4, -0.2) is 29.8 Å². The molecule has 2 aromatic carbocycles. The highest BCUT2D eigenvalue weighted by Gasteiger charge is 2.43. The minimum Gasteiger partial charge on any atom is -0.339 e. The molecule has 5 heteroatoms. The van der Waals surface area contributed by atoms with Crippen LogP contribution in [0.2, 0.25) is 0 Å². The highest BCUT2D eigenvalue weighted by Crippen LogP contribution is 2.37. The van der Waals surface area contributed by atoms with E-state index in [0.717, 1.165) is 11.1 Å². The van der Waals surface area contributed by atoms with Crippen molar-refractivity contribution in [3.63, 3.8) is 0 Å². The van der Waals surface area contributed by atoms with Crippen LogP contribution >= 0.6 is 0 Å². The Morgan fingerprint density at radius 3 is 2.41 bits per heavy atom. The number of halogens is 1.